The third-order valence-electron chi connectivity index (χ3n) is 4.15. The standard InChI is InChI=1S/C13H18O4/c1-7-5-10-9(8(2)14)6-11(7)13(16-3,17-4)12(10)15/h5,9-11H,6H2,1-4H3/t9-,10+,11+/m1/s1. The van der Waals surface area contributed by atoms with Crippen LogP contribution in [0, 0.1) is 17.8 Å². The molecule has 0 unspecified atom stereocenters. The van der Waals surface area contributed by atoms with Gasteiger partial charge >= 0.3 is 0 Å². The molecule has 3 aliphatic carbocycles. The minimum absolute atomic E-state index is 0.0675. The Hall–Kier alpha value is -1.00. The Balaban J connectivity index is 2.47. The molecule has 0 saturated heterocycles. The van der Waals surface area contributed by atoms with Gasteiger partial charge in [-0.05, 0) is 20.3 Å². The molecule has 1 saturated carbocycles. The van der Waals surface area contributed by atoms with Gasteiger partial charge in [-0.3, -0.25) is 9.59 Å². The van der Waals surface area contributed by atoms with Crippen LogP contribution in [0.5, 0.6) is 0 Å². The Bertz CT molecular complexity index is 392. The van der Waals surface area contributed by atoms with Crippen LogP contribution in [-0.2, 0) is 19.1 Å². The van der Waals surface area contributed by atoms with E-state index >= 15 is 0 Å². The van der Waals surface area contributed by atoms with Crippen molar-refractivity contribution in [2.45, 2.75) is 26.1 Å². The number of rotatable bonds is 3. The molecule has 0 aliphatic heterocycles. The van der Waals surface area contributed by atoms with Gasteiger partial charge in [-0.2, -0.15) is 0 Å². The van der Waals surface area contributed by atoms with Crippen LogP contribution in [0.25, 0.3) is 0 Å². The number of hydrogen-bond acceptors (Lipinski definition) is 4. The van der Waals surface area contributed by atoms with E-state index < -0.39 is 11.7 Å². The highest BCUT2D eigenvalue weighted by molar-refractivity contribution is 5.97. The van der Waals surface area contributed by atoms with Crippen LogP contribution < -0.4 is 0 Å². The summed E-state index contributed by atoms with van der Waals surface area (Å²) in [5.74, 6) is -1.99. The zero-order valence-corrected chi connectivity index (χ0v) is 10.6. The second-order valence-corrected chi connectivity index (χ2v) is 4.88. The summed E-state index contributed by atoms with van der Waals surface area (Å²) in [6.45, 7) is 3.51. The van der Waals surface area contributed by atoms with Crippen molar-refractivity contribution in [3.8, 4) is 0 Å². The van der Waals surface area contributed by atoms with E-state index in [1.54, 1.807) is 6.92 Å². The van der Waals surface area contributed by atoms with Gasteiger partial charge in [0, 0.05) is 26.1 Å². The number of ketones is 2. The Kier molecular flexibility index (Phi) is 2.96. The summed E-state index contributed by atoms with van der Waals surface area (Å²) in [6.07, 6.45) is 2.54. The average Bonchev–Trinajstić information content (AvgIpc) is 2.31. The Labute approximate surface area is 101 Å². The molecule has 0 aromatic heterocycles. The number of allylic oxidation sites excluding steroid dienone is 1. The number of carbonyl (C=O) groups is 2. The predicted molar refractivity (Wildman–Crippen MR) is 61.3 cm³/mol. The van der Waals surface area contributed by atoms with Gasteiger partial charge in [-0.25, -0.2) is 0 Å². The molecule has 4 nitrogen and oxygen atoms in total. The lowest BCUT2D eigenvalue weighted by atomic mass is 9.61. The highest BCUT2D eigenvalue weighted by Crippen LogP contribution is 2.49. The monoisotopic (exact) mass is 238 g/mol. The fraction of sp³-hybridized carbons (Fsp3) is 0.692. The summed E-state index contributed by atoms with van der Waals surface area (Å²) in [7, 11) is 2.97. The molecule has 0 radical (unpaired) electrons. The van der Waals surface area contributed by atoms with Gasteiger partial charge in [0.1, 0.15) is 5.78 Å². The second kappa shape index (κ2) is 4.03. The van der Waals surface area contributed by atoms with Crippen molar-refractivity contribution in [3.63, 3.8) is 0 Å². The van der Waals surface area contributed by atoms with E-state index in [0.717, 1.165) is 5.57 Å². The third-order valence-corrected chi connectivity index (χ3v) is 4.15. The molecule has 0 aromatic carbocycles. The summed E-state index contributed by atoms with van der Waals surface area (Å²) < 4.78 is 10.7. The fourth-order valence-corrected chi connectivity index (χ4v) is 3.21. The topological polar surface area (TPSA) is 52.6 Å². The number of ether oxygens (including phenoxy) is 2. The van der Waals surface area contributed by atoms with Crippen molar-refractivity contribution >= 4 is 11.6 Å². The van der Waals surface area contributed by atoms with Crippen LogP contribution >= 0.6 is 0 Å². The second-order valence-electron chi connectivity index (χ2n) is 4.88. The number of fused-ring (bicyclic) bond motifs is 2. The summed E-state index contributed by atoms with van der Waals surface area (Å²) in [6, 6.07) is 0. The average molecular weight is 238 g/mol. The van der Waals surface area contributed by atoms with Gasteiger partial charge in [0.15, 0.2) is 5.78 Å². The third kappa shape index (κ3) is 1.51. The maximum absolute atomic E-state index is 12.4. The van der Waals surface area contributed by atoms with Crippen LogP contribution in [0.2, 0.25) is 0 Å². The van der Waals surface area contributed by atoms with E-state index in [-0.39, 0.29) is 23.4 Å². The van der Waals surface area contributed by atoms with Gasteiger partial charge in [-0.15, -0.1) is 0 Å². The van der Waals surface area contributed by atoms with Crippen molar-refractivity contribution < 1.29 is 19.1 Å². The first-order valence-electron chi connectivity index (χ1n) is 5.81. The summed E-state index contributed by atoms with van der Waals surface area (Å²) in [4.78, 5) is 24.0. The van der Waals surface area contributed by atoms with E-state index in [1.807, 2.05) is 13.0 Å². The van der Waals surface area contributed by atoms with Gasteiger partial charge in [0.25, 0.3) is 0 Å². The molecule has 0 N–H and O–H groups in total. The van der Waals surface area contributed by atoms with Crippen molar-refractivity contribution in [2.75, 3.05) is 14.2 Å². The zero-order chi connectivity index (χ0) is 12.8. The Morgan fingerprint density at radius 3 is 2.47 bits per heavy atom. The van der Waals surface area contributed by atoms with E-state index in [2.05, 4.69) is 0 Å². The normalized spacial score (nSPS) is 34.7. The van der Waals surface area contributed by atoms with Crippen LogP contribution in [0.3, 0.4) is 0 Å². The van der Waals surface area contributed by atoms with E-state index in [0.29, 0.717) is 6.42 Å². The van der Waals surface area contributed by atoms with Crippen LogP contribution in [0.15, 0.2) is 11.6 Å². The first-order valence-corrected chi connectivity index (χ1v) is 5.81. The molecule has 3 rings (SSSR count). The maximum Gasteiger partial charge on any atom is 0.235 e. The summed E-state index contributed by atoms with van der Waals surface area (Å²) >= 11 is 0. The lowest BCUT2D eigenvalue weighted by molar-refractivity contribution is -0.241. The van der Waals surface area contributed by atoms with E-state index in [1.165, 1.54) is 14.2 Å². The first kappa shape index (κ1) is 12.5. The Morgan fingerprint density at radius 1 is 1.41 bits per heavy atom. The molecule has 94 valence electrons. The van der Waals surface area contributed by atoms with Crippen LogP contribution in [-0.4, -0.2) is 31.6 Å². The first-order chi connectivity index (χ1) is 7.97. The van der Waals surface area contributed by atoms with Crippen molar-refractivity contribution in [1.29, 1.82) is 0 Å². The highest BCUT2D eigenvalue weighted by Gasteiger charge is 2.59. The van der Waals surface area contributed by atoms with E-state index in [4.69, 9.17) is 9.47 Å². The molecule has 1 fully saturated rings. The van der Waals surface area contributed by atoms with Gasteiger partial charge in [-0.1, -0.05) is 11.6 Å². The van der Waals surface area contributed by atoms with Gasteiger partial charge < -0.3 is 9.47 Å². The summed E-state index contributed by atoms with van der Waals surface area (Å²) in [5, 5.41) is 0. The number of methoxy groups -OCH3 is 2. The molecule has 3 atom stereocenters. The minimum atomic E-state index is -1.19. The molecular formula is C13H18O4. The number of Topliss-reactive ketones (excluding diaryl/α,β-unsaturated/α-hetero) is 2. The molecule has 0 spiro atoms. The Morgan fingerprint density at radius 2 is 2.00 bits per heavy atom. The molecule has 2 bridgehead atoms. The van der Waals surface area contributed by atoms with Crippen LogP contribution in [0.4, 0.5) is 0 Å². The molecule has 0 amide bonds. The lowest BCUT2D eigenvalue weighted by Gasteiger charge is -2.49. The SMILES string of the molecule is COC1(OC)C(=O)[C@H]2C=C(C)[C@@H]1C[C@@H]2C(C)=O. The largest absolute Gasteiger partial charge is 0.347 e. The van der Waals surface area contributed by atoms with Gasteiger partial charge in [0.2, 0.25) is 5.79 Å². The highest BCUT2D eigenvalue weighted by atomic mass is 16.7. The van der Waals surface area contributed by atoms with E-state index in [9.17, 15) is 9.59 Å². The fourth-order valence-electron chi connectivity index (χ4n) is 3.21. The quantitative estimate of drug-likeness (QED) is 0.550. The van der Waals surface area contributed by atoms with Crippen molar-refractivity contribution in [1.82, 2.24) is 0 Å². The lowest BCUT2D eigenvalue weighted by Crippen LogP contribution is -2.61. The zero-order valence-electron chi connectivity index (χ0n) is 10.6. The van der Waals surface area contributed by atoms with Crippen molar-refractivity contribution in [2.24, 2.45) is 17.8 Å². The van der Waals surface area contributed by atoms with Crippen LogP contribution in [0.1, 0.15) is 20.3 Å². The minimum Gasteiger partial charge on any atom is -0.347 e. The summed E-state index contributed by atoms with van der Waals surface area (Å²) in [5.41, 5.74) is 1.08. The molecule has 17 heavy (non-hydrogen) atoms. The molecule has 0 aromatic rings. The predicted octanol–water partition coefficient (Wildman–Crippen LogP) is 1.35. The maximum atomic E-state index is 12.4. The number of hydrogen-bond donors (Lipinski definition) is 0. The van der Waals surface area contributed by atoms with Crippen molar-refractivity contribution in [3.05, 3.63) is 11.6 Å². The molecule has 4 heteroatoms. The smallest absolute Gasteiger partial charge is 0.235 e. The molecule has 3 aliphatic rings. The molecular weight excluding hydrogens is 220 g/mol. The van der Waals surface area contributed by atoms with Gasteiger partial charge in [0.05, 0.1) is 5.92 Å². The molecule has 0 heterocycles. The number of carbonyl (C=O) groups excluding carboxylic acids is 2.